The van der Waals surface area contributed by atoms with Gasteiger partial charge in [-0.05, 0) is 72.5 Å². The highest BCUT2D eigenvalue weighted by Gasteiger charge is 2.37. The molecule has 1 aliphatic rings. The van der Waals surface area contributed by atoms with Gasteiger partial charge in [-0.25, -0.2) is 14.1 Å². The number of hydrogen-bond donors (Lipinski definition) is 1. The number of carbonyl (C=O) groups is 3. The molecule has 3 aromatic rings. The van der Waals surface area contributed by atoms with Gasteiger partial charge in [-0.1, -0.05) is 35.9 Å². The molecule has 0 atom stereocenters. The van der Waals surface area contributed by atoms with Crippen LogP contribution in [0.25, 0.3) is 6.08 Å². The first-order chi connectivity index (χ1) is 17.2. The summed E-state index contributed by atoms with van der Waals surface area (Å²) < 4.78 is 24.3. The van der Waals surface area contributed by atoms with Crippen LogP contribution in [0.3, 0.4) is 0 Å². The number of nitrogens with one attached hydrogen (secondary N) is 1. The first-order valence-electron chi connectivity index (χ1n) is 10.9. The first-order valence-corrected chi connectivity index (χ1v) is 11.3. The minimum atomic E-state index is -0.823. The fourth-order valence-electron chi connectivity index (χ4n) is 3.72. The third-order valence-electron chi connectivity index (χ3n) is 5.78. The number of halogens is 2. The molecule has 1 N–H and O–H groups in total. The van der Waals surface area contributed by atoms with Crippen molar-refractivity contribution in [1.82, 2.24) is 5.32 Å². The lowest BCUT2D eigenvalue weighted by molar-refractivity contribution is -0.122. The molecule has 7 nitrogen and oxygen atoms in total. The predicted octanol–water partition coefficient (Wildman–Crippen LogP) is 5.35. The van der Waals surface area contributed by atoms with Gasteiger partial charge in [-0.3, -0.25) is 14.9 Å². The maximum atomic E-state index is 13.3. The minimum absolute atomic E-state index is 0.116. The molecule has 184 valence electrons. The third-order valence-corrected chi connectivity index (χ3v) is 6.06. The molecule has 0 unspecified atom stereocenters. The van der Waals surface area contributed by atoms with Crippen LogP contribution in [0.2, 0.25) is 5.02 Å². The molecule has 1 saturated heterocycles. The van der Waals surface area contributed by atoms with Crippen LogP contribution in [-0.2, 0) is 16.2 Å². The van der Waals surface area contributed by atoms with Crippen LogP contribution < -0.4 is 19.7 Å². The summed E-state index contributed by atoms with van der Waals surface area (Å²) in [5.74, 6) is -1.42. The van der Waals surface area contributed by atoms with Crippen molar-refractivity contribution in [3.63, 3.8) is 0 Å². The summed E-state index contributed by atoms with van der Waals surface area (Å²) >= 11 is 6.44. The van der Waals surface area contributed by atoms with E-state index in [-0.39, 0.29) is 34.5 Å². The van der Waals surface area contributed by atoms with Gasteiger partial charge in [0.2, 0.25) is 0 Å². The SMILES string of the molecule is COc1cc(/C=C2\C(=O)NC(=O)N(c3cccc(C)c3C)C2=O)cc(Cl)c1OCc1ccc(F)cc1. The van der Waals surface area contributed by atoms with E-state index in [9.17, 15) is 18.8 Å². The van der Waals surface area contributed by atoms with Gasteiger partial charge in [0.15, 0.2) is 11.5 Å². The van der Waals surface area contributed by atoms with Gasteiger partial charge in [0, 0.05) is 0 Å². The molecular weight excluding hydrogens is 487 g/mol. The smallest absolute Gasteiger partial charge is 0.335 e. The molecule has 36 heavy (non-hydrogen) atoms. The Hall–Kier alpha value is -4.17. The highest BCUT2D eigenvalue weighted by molar-refractivity contribution is 6.39. The highest BCUT2D eigenvalue weighted by atomic mass is 35.5. The van der Waals surface area contributed by atoms with E-state index < -0.39 is 17.8 Å². The Morgan fingerprint density at radius 3 is 2.47 bits per heavy atom. The fourth-order valence-corrected chi connectivity index (χ4v) is 3.99. The van der Waals surface area contributed by atoms with E-state index in [1.807, 2.05) is 13.0 Å². The monoisotopic (exact) mass is 508 g/mol. The number of nitrogens with zero attached hydrogens (tertiary/aromatic N) is 1. The number of urea groups is 1. The number of methoxy groups -OCH3 is 1. The molecule has 0 saturated carbocycles. The molecule has 0 radical (unpaired) electrons. The van der Waals surface area contributed by atoms with Crippen molar-refractivity contribution in [1.29, 1.82) is 0 Å². The van der Waals surface area contributed by atoms with Gasteiger partial charge in [0.05, 0.1) is 17.8 Å². The molecule has 0 bridgehead atoms. The van der Waals surface area contributed by atoms with E-state index >= 15 is 0 Å². The fraction of sp³-hybridized carbons (Fsp3) is 0.148. The second-order valence-corrected chi connectivity index (χ2v) is 8.53. The van der Waals surface area contributed by atoms with Crippen molar-refractivity contribution in [2.24, 2.45) is 0 Å². The van der Waals surface area contributed by atoms with Crippen LogP contribution in [0.15, 0.2) is 60.2 Å². The molecule has 4 rings (SSSR count). The lowest BCUT2D eigenvalue weighted by Gasteiger charge is -2.28. The molecule has 4 amide bonds. The zero-order valence-electron chi connectivity index (χ0n) is 19.7. The van der Waals surface area contributed by atoms with Crippen molar-refractivity contribution in [3.05, 3.63) is 93.3 Å². The van der Waals surface area contributed by atoms with E-state index in [1.54, 1.807) is 37.3 Å². The largest absolute Gasteiger partial charge is 0.493 e. The summed E-state index contributed by atoms with van der Waals surface area (Å²) in [6, 6.07) is 13.3. The average molecular weight is 509 g/mol. The molecule has 1 heterocycles. The van der Waals surface area contributed by atoms with Gasteiger partial charge >= 0.3 is 6.03 Å². The van der Waals surface area contributed by atoms with Crippen LogP contribution in [0.1, 0.15) is 22.3 Å². The Morgan fingerprint density at radius 2 is 1.78 bits per heavy atom. The maximum Gasteiger partial charge on any atom is 0.335 e. The van der Waals surface area contributed by atoms with Crippen LogP contribution >= 0.6 is 11.6 Å². The summed E-state index contributed by atoms with van der Waals surface area (Å²) in [4.78, 5) is 39.3. The summed E-state index contributed by atoms with van der Waals surface area (Å²) in [5, 5.41) is 2.39. The lowest BCUT2D eigenvalue weighted by Crippen LogP contribution is -2.54. The van der Waals surface area contributed by atoms with Crippen LogP contribution in [-0.4, -0.2) is 25.0 Å². The van der Waals surface area contributed by atoms with Crippen molar-refractivity contribution < 1.29 is 28.2 Å². The molecule has 0 aliphatic carbocycles. The number of aryl methyl sites for hydroxylation is 1. The van der Waals surface area contributed by atoms with Crippen LogP contribution in [0.5, 0.6) is 11.5 Å². The second kappa shape index (κ2) is 10.2. The number of rotatable bonds is 6. The van der Waals surface area contributed by atoms with Crippen molar-refractivity contribution in [2.45, 2.75) is 20.5 Å². The van der Waals surface area contributed by atoms with Gasteiger partial charge in [-0.15, -0.1) is 0 Å². The minimum Gasteiger partial charge on any atom is -0.493 e. The molecule has 1 fully saturated rings. The van der Waals surface area contributed by atoms with Gasteiger partial charge < -0.3 is 9.47 Å². The van der Waals surface area contributed by atoms with Gasteiger partial charge in [-0.2, -0.15) is 0 Å². The lowest BCUT2D eigenvalue weighted by atomic mass is 10.0. The van der Waals surface area contributed by atoms with Crippen molar-refractivity contribution >= 4 is 41.2 Å². The van der Waals surface area contributed by atoms with Gasteiger partial charge in [0.25, 0.3) is 11.8 Å². The van der Waals surface area contributed by atoms with E-state index in [4.69, 9.17) is 21.1 Å². The maximum absolute atomic E-state index is 13.3. The number of barbiturate groups is 1. The summed E-state index contributed by atoms with van der Waals surface area (Å²) in [6.07, 6.45) is 1.33. The van der Waals surface area contributed by atoms with Gasteiger partial charge in [0.1, 0.15) is 18.0 Å². The first kappa shape index (κ1) is 24.9. The predicted molar refractivity (Wildman–Crippen MR) is 134 cm³/mol. The molecular formula is C27H22ClFN2O5. The van der Waals surface area contributed by atoms with E-state index in [0.717, 1.165) is 21.6 Å². The molecule has 1 aliphatic heterocycles. The van der Waals surface area contributed by atoms with Crippen molar-refractivity contribution in [3.8, 4) is 11.5 Å². The Balaban J connectivity index is 1.66. The second-order valence-electron chi connectivity index (χ2n) is 8.13. The summed E-state index contributed by atoms with van der Waals surface area (Å²) in [6.45, 7) is 3.77. The number of carbonyl (C=O) groups excluding carboxylic acids is 3. The number of hydrogen-bond acceptors (Lipinski definition) is 5. The third kappa shape index (κ3) is 4.94. The molecule has 9 heteroatoms. The summed E-state index contributed by atoms with van der Waals surface area (Å²) in [5.41, 5.74) is 2.89. The van der Waals surface area contributed by atoms with E-state index in [1.165, 1.54) is 31.4 Å². The van der Waals surface area contributed by atoms with E-state index in [0.29, 0.717) is 11.3 Å². The van der Waals surface area contributed by atoms with E-state index in [2.05, 4.69) is 5.32 Å². The Kier molecular flexibility index (Phi) is 7.07. The van der Waals surface area contributed by atoms with Crippen molar-refractivity contribution in [2.75, 3.05) is 12.0 Å². The zero-order chi connectivity index (χ0) is 26.0. The topological polar surface area (TPSA) is 84.9 Å². The normalized spacial score (nSPS) is 14.8. The Bertz CT molecular complexity index is 1400. The number of ether oxygens (including phenoxy) is 2. The average Bonchev–Trinajstić information content (AvgIpc) is 2.84. The number of imide groups is 2. The molecule has 3 aromatic carbocycles. The zero-order valence-corrected chi connectivity index (χ0v) is 20.5. The molecule has 0 aromatic heterocycles. The number of amides is 4. The highest BCUT2D eigenvalue weighted by Crippen LogP contribution is 2.38. The Labute approximate surface area is 212 Å². The summed E-state index contributed by atoms with van der Waals surface area (Å²) in [7, 11) is 1.42. The molecule has 0 spiro atoms. The standard InChI is InChI=1S/C27H22ClFN2O5/c1-15-5-4-6-22(16(15)2)31-26(33)20(25(32)30-27(31)34)11-18-12-21(28)24(23(13-18)35-3)36-14-17-7-9-19(29)10-8-17/h4-13H,14H2,1-3H3,(H,30,32,34)/b20-11+. The quantitative estimate of drug-likeness (QED) is 0.358. The Morgan fingerprint density at radius 1 is 1.06 bits per heavy atom. The number of benzene rings is 3. The van der Waals surface area contributed by atoms with Crippen LogP contribution in [0, 0.1) is 19.7 Å². The number of anilines is 1. The van der Waals surface area contributed by atoms with Crippen LogP contribution in [0.4, 0.5) is 14.9 Å².